The van der Waals surface area contributed by atoms with Crippen LogP contribution in [0.1, 0.15) is 58.3 Å². The van der Waals surface area contributed by atoms with E-state index in [4.69, 9.17) is 9.47 Å². The van der Waals surface area contributed by atoms with Crippen LogP contribution in [0.15, 0.2) is 47.8 Å². The number of carbonyl (C=O) groups excluding carboxylic acids is 1. The normalized spacial score (nSPS) is 22.9. The van der Waals surface area contributed by atoms with Crippen molar-refractivity contribution in [1.29, 1.82) is 0 Å². The lowest BCUT2D eigenvalue weighted by atomic mass is 9.95. The van der Waals surface area contributed by atoms with Gasteiger partial charge in [-0.3, -0.25) is 4.79 Å². The van der Waals surface area contributed by atoms with Gasteiger partial charge >= 0.3 is 11.8 Å². The van der Waals surface area contributed by atoms with Gasteiger partial charge in [0.15, 0.2) is 11.5 Å². The molecule has 2 heterocycles. The van der Waals surface area contributed by atoms with Crippen molar-refractivity contribution in [2.75, 3.05) is 19.6 Å². The molecule has 3 aliphatic rings. The van der Waals surface area contributed by atoms with E-state index in [1.54, 1.807) is 0 Å². The molecule has 10 heteroatoms. The van der Waals surface area contributed by atoms with Crippen LogP contribution in [-0.2, 0) is 14.3 Å². The molecular weight excluding hydrogens is 468 g/mol. The van der Waals surface area contributed by atoms with E-state index in [0.29, 0.717) is 13.0 Å². The van der Waals surface area contributed by atoms with Gasteiger partial charge in [0.1, 0.15) is 18.6 Å². The van der Waals surface area contributed by atoms with Crippen LogP contribution < -0.4 is 5.32 Å². The summed E-state index contributed by atoms with van der Waals surface area (Å²) in [5.41, 5.74) is -1.06. The highest BCUT2D eigenvalue weighted by Crippen LogP contribution is 2.47. The third kappa shape index (κ3) is 6.88. The molecule has 0 bridgehead atoms. The molecule has 0 radical (unpaired) electrons. The monoisotopic (exact) mass is 502 g/mol. The molecule has 2 unspecified atom stereocenters. The van der Waals surface area contributed by atoms with Crippen molar-refractivity contribution < 1.29 is 36.9 Å². The number of aliphatic hydroxyl groups is 1. The number of unbranched alkanes of at least 4 members (excludes halogenated alkanes) is 4. The van der Waals surface area contributed by atoms with Crippen LogP contribution in [0, 0.1) is 0 Å². The summed E-state index contributed by atoms with van der Waals surface area (Å²) in [5.74, 6) is -10.0. The number of nitrogens with zero attached hydrogens (tertiary/aromatic N) is 1. The lowest BCUT2D eigenvalue weighted by Crippen LogP contribution is -2.51. The molecule has 1 amide bonds. The second-order valence-corrected chi connectivity index (χ2v) is 9.17. The SMILES string of the molecule is CCCCCCCC(=O)NC(CN1CCCC1)C(O)C1=COC=C(C2=CC=CC(F)(F)C2(F)F)O1. The Bertz CT molecular complexity index is 864. The molecule has 0 saturated carbocycles. The van der Waals surface area contributed by atoms with Gasteiger partial charge in [0.2, 0.25) is 5.91 Å². The van der Waals surface area contributed by atoms with Gasteiger partial charge in [0, 0.05) is 13.0 Å². The fraction of sp³-hybridized carbons (Fsp3) is 0.640. The van der Waals surface area contributed by atoms with Crippen molar-refractivity contribution in [3.05, 3.63) is 47.8 Å². The number of alkyl halides is 4. The fourth-order valence-electron chi connectivity index (χ4n) is 4.31. The van der Waals surface area contributed by atoms with E-state index in [1.165, 1.54) is 0 Å². The highest BCUT2D eigenvalue weighted by Gasteiger charge is 2.59. The highest BCUT2D eigenvalue weighted by molar-refractivity contribution is 5.76. The molecule has 2 N–H and O–H groups in total. The number of allylic oxidation sites excluding steroid dienone is 4. The van der Waals surface area contributed by atoms with Gasteiger partial charge in [0.25, 0.3) is 0 Å². The number of nitrogens with one attached hydrogen (secondary N) is 1. The summed E-state index contributed by atoms with van der Waals surface area (Å²) in [6, 6.07) is -0.798. The summed E-state index contributed by atoms with van der Waals surface area (Å²) in [5, 5.41) is 13.9. The van der Waals surface area contributed by atoms with Gasteiger partial charge in [-0.05, 0) is 44.5 Å². The topological polar surface area (TPSA) is 71.0 Å². The molecule has 1 fully saturated rings. The minimum Gasteiger partial charge on any atom is -0.465 e. The second kappa shape index (κ2) is 12.1. The molecular formula is C25H34F4N2O4. The zero-order valence-electron chi connectivity index (χ0n) is 20.0. The predicted octanol–water partition coefficient (Wildman–Crippen LogP) is 4.78. The van der Waals surface area contributed by atoms with E-state index in [9.17, 15) is 27.5 Å². The molecule has 1 saturated heterocycles. The maximum Gasteiger partial charge on any atom is 0.342 e. The van der Waals surface area contributed by atoms with Crippen LogP contribution in [0.25, 0.3) is 0 Å². The summed E-state index contributed by atoms with van der Waals surface area (Å²) < 4.78 is 66.8. The van der Waals surface area contributed by atoms with Crippen molar-refractivity contribution in [3.63, 3.8) is 0 Å². The lowest BCUT2D eigenvalue weighted by molar-refractivity contribution is -0.156. The van der Waals surface area contributed by atoms with E-state index in [0.717, 1.165) is 82.7 Å². The zero-order valence-corrected chi connectivity index (χ0v) is 20.0. The molecule has 1 aliphatic carbocycles. The van der Waals surface area contributed by atoms with Gasteiger partial charge in [-0.1, -0.05) is 38.7 Å². The Morgan fingerprint density at radius 2 is 1.86 bits per heavy atom. The van der Waals surface area contributed by atoms with E-state index < -0.39 is 35.3 Å². The zero-order chi connectivity index (χ0) is 25.5. The van der Waals surface area contributed by atoms with Crippen LogP contribution in [0.4, 0.5) is 17.6 Å². The van der Waals surface area contributed by atoms with Crippen molar-refractivity contribution in [2.45, 2.75) is 82.3 Å². The Morgan fingerprint density at radius 1 is 1.14 bits per heavy atom. The third-order valence-corrected chi connectivity index (χ3v) is 6.36. The van der Waals surface area contributed by atoms with Crippen molar-refractivity contribution >= 4 is 5.91 Å². The first-order valence-electron chi connectivity index (χ1n) is 12.2. The fourth-order valence-corrected chi connectivity index (χ4v) is 4.31. The van der Waals surface area contributed by atoms with Gasteiger partial charge in [-0.25, -0.2) is 0 Å². The molecule has 0 spiro atoms. The number of ether oxygens (including phenoxy) is 2. The van der Waals surface area contributed by atoms with Crippen LogP contribution in [0.3, 0.4) is 0 Å². The summed E-state index contributed by atoms with van der Waals surface area (Å²) in [6.07, 6.45) is 9.34. The van der Waals surface area contributed by atoms with Gasteiger partial charge in [-0.15, -0.1) is 0 Å². The number of hydrogen-bond donors (Lipinski definition) is 2. The van der Waals surface area contributed by atoms with Crippen molar-refractivity contribution in [1.82, 2.24) is 10.2 Å². The average molecular weight is 503 g/mol. The number of hydrogen-bond acceptors (Lipinski definition) is 5. The first kappa shape index (κ1) is 27.3. The average Bonchev–Trinajstić information content (AvgIpc) is 3.33. The Hall–Kier alpha value is -2.33. The molecule has 3 rings (SSSR count). The number of carbonyl (C=O) groups is 1. The lowest BCUT2D eigenvalue weighted by Gasteiger charge is -2.33. The summed E-state index contributed by atoms with van der Waals surface area (Å²) in [6.45, 7) is 4.04. The van der Waals surface area contributed by atoms with Crippen LogP contribution in [0.5, 0.6) is 0 Å². The van der Waals surface area contributed by atoms with E-state index >= 15 is 0 Å². The van der Waals surface area contributed by atoms with Crippen LogP contribution in [-0.4, -0.2) is 59.5 Å². The predicted molar refractivity (Wildman–Crippen MR) is 122 cm³/mol. The van der Waals surface area contributed by atoms with E-state index in [1.807, 2.05) is 0 Å². The maximum atomic E-state index is 14.4. The minimum atomic E-state index is -4.52. The molecule has 196 valence electrons. The van der Waals surface area contributed by atoms with Crippen LogP contribution in [0.2, 0.25) is 0 Å². The molecule has 0 aromatic heterocycles. The molecule has 6 nitrogen and oxygen atoms in total. The molecule has 0 aromatic rings. The molecule has 0 aromatic carbocycles. The maximum absolute atomic E-state index is 14.4. The first-order valence-corrected chi connectivity index (χ1v) is 12.2. The number of aliphatic hydroxyl groups excluding tert-OH is 1. The Kier molecular flexibility index (Phi) is 9.40. The van der Waals surface area contributed by atoms with Crippen molar-refractivity contribution in [2.24, 2.45) is 0 Å². The first-order chi connectivity index (χ1) is 16.7. The number of halogens is 4. The Morgan fingerprint density at radius 3 is 2.57 bits per heavy atom. The Balaban J connectivity index is 1.67. The molecule has 2 aliphatic heterocycles. The number of amides is 1. The van der Waals surface area contributed by atoms with E-state index in [2.05, 4.69) is 17.1 Å². The van der Waals surface area contributed by atoms with Gasteiger partial charge in [-0.2, -0.15) is 17.6 Å². The third-order valence-electron chi connectivity index (χ3n) is 6.36. The Labute approximate surface area is 203 Å². The highest BCUT2D eigenvalue weighted by atomic mass is 19.3. The smallest absolute Gasteiger partial charge is 0.342 e. The van der Waals surface area contributed by atoms with Gasteiger partial charge in [0.05, 0.1) is 11.6 Å². The van der Waals surface area contributed by atoms with Gasteiger partial charge < -0.3 is 24.8 Å². The molecule has 35 heavy (non-hydrogen) atoms. The summed E-state index contributed by atoms with van der Waals surface area (Å²) >= 11 is 0. The standard InChI is InChI=1S/C25H34F4N2O4/c1-2-3-4-5-6-11-22(32)30-19(15-31-13-7-8-14-31)23(33)21-17-34-16-20(35-21)18-10-9-12-24(26,27)25(18,28)29/h9-10,12,16-17,19,23,33H,2-8,11,13-15H2,1H3,(H,30,32). The number of rotatable bonds is 12. The second-order valence-electron chi connectivity index (χ2n) is 9.17. The largest absolute Gasteiger partial charge is 0.465 e. The number of likely N-dealkylation sites (tertiary alicyclic amines) is 1. The van der Waals surface area contributed by atoms with E-state index in [-0.39, 0.29) is 17.7 Å². The summed E-state index contributed by atoms with van der Waals surface area (Å²) in [7, 11) is 0. The summed E-state index contributed by atoms with van der Waals surface area (Å²) in [4.78, 5) is 14.7. The van der Waals surface area contributed by atoms with Crippen LogP contribution >= 0.6 is 0 Å². The minimum absolute atomic E-state index is 0.121. The molecule has 2 atom stereocenters. The quantitative estimate of drug-likeness (QED) is 0.297. The van der Waals surface area contributed by atoms with Crippen molar-refractivity contribution in [3.8, 4) is 0 Å².